The van der Waals surface area contributed by atoms with E-state index in [1.165, 1.54) is 16.4 Å². The molecule has 1 spiro atoms. The standard InChI is InChI=1S/C17H22ClN3O3S/c1-16(2,3)14-19-15(22)17(20-14)7-9-21(10-8-17)25(23,24)13-6-4-5-12(18)11-13/h4-6,11H,7-10H2,1-3H3,(H,19,20,22). The number of amidine groups is 1. The molecule has 0 atom stereocenters. The quantitative estimate of drug-likeness (QED) is 0.851. The summed E-state index contributed by atoms with van der Waals surface area (Å²) in [7, 11) is -3.62. The largest absolute Gasteiger partial charge is 0.312 e. The van der Waals surface area contributed by atoms with Gasteiger partial charge in [0.05, 0.1) is 4.90 Å². The lowest BCUT2D eigenvalue weighted by Gasteiger charge is -2.34. The van der Waals surface area contributed by atoms with E-state index in [-0.39, 0.29) is 29.3 Å². The van der Waals surface area contributed by atoms with Crippen molar-refractivity contribution in [2.75, 3.05) is 13.1 Å². The number of carbonyl (C=O) groups is 1. The van der Waals surface area contributed by atoms with Crippen molar-refractivity contribution >= 4 is 33.4 Å². The molecule has 1 N–H and O–H groups in total. The van der Waals surface area contributed by atoms with Crippen LogP contribution in [0.1, 0.15) is 33.6 Å². The molecule has 1 amide bonds. The number of hydrogen-bond acceptors (Lipinski definition) is 4. The van der Waals surface area contributed by atoms with E-state index < -0.39 is 15.6 Å². The Morgan fingerprint density at radius 2 is 1.88 bits per heavy atom. The third-order valence-corrected chi connectivity index (χ3v) is 6.80. The second-order valence-electron chi connectivity index (χ2n) is 7.56. The number of sulfonamides is 1. The number of benzene rings is 1. The molecule has 0 unspecified atom stereocenters. The molecule has 8 heteroatoms. The van der Waals surface area contributed by atoms with Gasteiger partial charge in [-0.2, -0.15) is 4.31 Å². The Hall–Kier alpha value is -1.44. The Labute approximate surface area is 153 Å². The fourth-order valence-electron chi connectivity index (χ4n) is 3.08. The molecular formula is C17H22ClN3O3S. The summed E-state index contributed by atoms with van der Waals surface area (Å²) < 4.78 is 27.0. The zero-order valence-corrected chi connectivity index (χ0v) is 16.1. The summed E-state index contributed by atoms with van der Waals surface area (Å²) in [6.07, 6.45) is 0.746. The monoisotopic (exact) mass is 383 g/mol. The number of aliphatic imine (C=N–C) groups is 1. The van der Waals surface area contributed by atoms with Crippen molar-refractivity contribution in [3.63, 3.8) is 0 Å². The normalized spacial score (nSPS) is 21.3. The van der Waals surface area contributed by atoms with Crippen molar-refractivity contribution < 1.29 is 13.2 Å². The van der Waals surface area contributed by atoms with Gasteiger partial charge in [0.2, 0.25) is 10.0 Å². The molecule has 2 aliphatic rings. The minimum atomic E-state index is -3.62. The van der Waals surface area contributed by atoms with Crippen LogP contribution < -0.4 is 5.32 Å². The summed E-state index contributed by atoms with van der Waals surface area (Å²) in [5, 5.41) is 3.25. The van der Waals surface area contributed by atoms with Crippen molar-refractivity contribution in [1.29, 1.82) is 0 Å². The predicted molar refractivity (Wildman–Crippen MR) is 97.2 cm³/mol. The third kappa shape index (κ3) is 3.32. The van der Waals surface area contributed by atoms with E-state index in [2.05, 4.69) is 10.3 Å². The predicted octanol–water partition coefficient (Wildman–Crippen LogP) is 2.44. The van der Waals surface area contributed by atoms with Gasteiger partial charge < -0.3 is 5.32 Å². The number of rotatable bonds is 2. The van der Waals surface area contributed by atoms with E-state index in [0.29, 0.717) is 23.7 Å². The van der Waals surface area contributed by atoms with E-state index in [4.69, 9.17) is 11.6 Å². The highest BCUT2D eigenvalue weighted by atomic mass is 35.5. The summed E-state index contributed by atoms with van der Waals surface area (Å²) >= 11 is 5.91. The molecule has 1 aromatic carbocycles. The molecule has 0 aromatic heterocycles. The highest BCUT2D eigenvalue weighted by Crippen LogP contribution is 2.35. The molecule has 0 radical (unpaired) electrons. The van der Waals surface area contributed by atoms with Gasteiger partial charge in [-0.05, 0) is 31.0 Å². The minimum absolute atomic E-state index is 0.128. The Morgan fingerprint density at radius 3 is 2.40 bits per heavy atom. The molecule has 1 fully saturated rings. The maximum atomic E-state index is 12.8. The smallest absolute Gasteiger partial charge is 0.253 e. The second kappa shape index (κ2) is 6.07. The summed E-state index contributed by atoms with van der Waals surface area (Å²) in [6, 6.07) is 6.23. The van der Waals surface area contributed by atoms with Gasteiger partial charge in [0, 0.05) is 23.5 Å². The highest BCUT2D eigenvalue weighted by molar-refractivity contribution is 7.89. The molecule has 0 aliphatic carbocycles. The molecule has 3 rings (SSSR count). The van der Waals surface area contributed by atoms with Crippen LogP contribution in [-0.2, 0) is 14.8 Å². The molecule has 1 saturated heterocycles. The van der Waals surface area contributed by atoms with E-state index in [1.54, 1.807) is 12.1 Å². The molecule has 6 nitrogen and oxygen atoms in total. The van der Waals surface area contributed by atoms with Gasteiger partial charge in [-0.1, -0.05) is 38.4 Å². The SMILES string of the molecule is CC(C)(C)C1=NC2(CCN(S(=O)(=O)c3cccc(Cl)c3)CC2)C(=O)N1. The first-order valence-corrected chi connectivity index (χ1v) is 10.0. The van der Waals surface area contributed by atoms with Crippen LogP contribution in [0, 0.1) is 5.41 Å². The lowest BCUT2D eigenvalue weighted by atomic mass is 9.89. The van der Waals surface area contributed by atoms with Crippen molar-refractivity contribution in [3.05, 3.63) is 29.3 Å². The molecule has 2 aliphatic heterocycles. The lowest BCUT2D eigenvalue weighted by molar-refractivity contribution is -0.125. The number of hydrogen-bond donors (Lipinski definition) is 1. The molecule has 0 saturated carbocycles. The van der Waals surface area contributed by atoms with E-state index >= 15 is 0 Å². The second-order valence-corrected chi connectivity index (χ2v) is 9.93. The average Bonchev–Trinajstić information content (AvgIpc) is 2.85. The first-order chi connectivity index (χ1) is 11.5. The highest BCUT2D eigenvalue weighted by Gasteiger charge is 2.48. The summed E-state index contributed by atoms with van der Waals surface area (Å²) in [4.78, 5) is 17.3. The van der Waals surface area contributed by atoms with Gasteiger partial charge in [0.15, 0.2) is 0 Å². The molecule has 1 aromatic rings. The average molecular weight is 384 g/mol. The first-order valence-electron chi connectivity index (χ1n) is 8.22. The summed E-state index contributed by atoms with van der Waals surface area (Å²) in [5.74, 6) is 0.542. The number of halogens is 1. The van der Waals surface area contributed by atoms with Crippen molar-refractivity contribution in [2.45, 2.75) is 44.0 Å². The fraction of sp³-hybridized carbons (Fsp3) is 0.529. The third-order valence-electron chi connectivity index (χ3n) is 4.67. The van der Waals surface area contributed by atoms with Crippen LogP contribution in [-0.4, -0.2) is 43.1 Å². The van der Waals surface area contributed by atoms with Gasteiger partial charge >= 0.3 is 0 Å². The zero-order chi connectivity index (χ0) is 18.5. The minimum Gasteiger partial charge on any atom is -0.312 e. The van der Waals surface area contributed by atoms with E-state index in [9.17, 15) is 13.2 Å². The topological polar surface area (TPSA) is 78.8 Å². The van der Waals surface area contributed by atoms with Crippen molar-refractivity contribution in [1.82, 2.24) is 9.62 Å². The maximum absolute atomic E-state index is 12.8. The number of nitrogens with zero attached hydrogens (tertiary/aromatic N) is 2. The lowest BCUT2D eigenvalue weighted by Crippen LogP contribution is -2.50. The van der Waals surface area contributed by atoms with Gasteiger partial charge in [0.25, 0.3) is 5.91 Å². The molecule has 2 heterocycles. The van der Waals surface area contributed by atoms with Crippen LogP contribution in [0.3, 0.4) is 0 Å². The Balaban J connectivity index is 1.80. The van der Waals surface area contributed by atoms with Gasteiger partial charge in [-0.3, -0.25) is 9.79 Å². The maximum Gasteiger partial charge on any atom is 0.253 e. The fourth-order valence-corrected chi connectivity index (χ4v) is 4.83. The Bertz CT molecular complexity index is 835. The zero-order valence-electron chi connectivity index (χ0n) is 14.5. The van der Waals surface area contributed by atoms with Gasteiger partial charge in [-0.25, -0.2) is 8.42 Å². The number of piperidine rings is 1. The number of nitrogens with one attached hydrogen (secondary N) is 1. The first kappa shape index (κ1) is 18.4. The van der Waals surface area contributed by atoms with Crippen LogP contribution in [0.25, 0.3) is 0 Å². The number of amides is 1. The van der Waals surface area contributed by atoms with Crippen molar-refractivity contribution in [2.24, 2.45) is 10.4 Å². The van der Waals surface area contributed by atoms with Gasteiger partial charge in [0.1, 0.15) is 11.4 Å². The molecular weight excluding hydrogens is 362 g/mol. The molecule has 136 valence electrons. The van der Waals surface area contributed by atoms with Gasteiger partial charge in [-0.15, -0.1) is 0 Å². The van der Waals surface area contributed by atoms with Crippen LogP contribution in [0.5, 0.6) is 0 Å². The summed E-state index contributed by atoms with van der Waals surface area (Å²) in [6.45, 7) is 6.48. The molecule has 25 heavy (non-hydrogen) atoms. The van der Waals surface area contributed by atoms with Crippen LogP contribution in [0.15, 0.2) is 34.2 Å². The number of carbonyl (C=O) groups excluding carboxylic acids is 1. The Morgan fingerprint density at radius 1 is 1.24 bits per heavy atom. The van der Waals surface area contributed by atoms with Crippen molar-refractivity contribution in [3.8, 4) is 0 Å². The van der Waals surface area contributed by atoms with E-state index in [0.717, 1.165) is 0 Å². The van der Waals surface area contributed by atoms with Crippen LogP contribution >= 0.6 is 11.6 Å². The Kier molecular flexibility index (Phi) is 4.46. The molecule has 0 bridgehead atoms. The van der Waals surface area contributed by atoms with Crippen LogP contribution in [0.4, 0.5) is 0 Å². The summed E-state index contributed by atoms with van der Waals surface area (Å²) in [5.41, 5.74) is -1.09. The van der Waals surface area contributed by atoms with E-state index in [1.807, 2.05) is 20.8 Å². The van der Waals surface area contributed by atoms with Crippen LogP contribution in [0.2, 0.25) is 5.02 Å².